The zero-order valence-electron chi connectivity index (χ0n) is 20.0. The van der Waals surface area contributed by atoms with E-state index in [9.17, 15) is 22.0 Å². The van der Waals surface area contributed by atoms with Crippen molar-refractivity contribution in [3.63, 3.8) is 0 Å². The van der Waals surface area contributed by atoms with Crippen LogP contribution in [0, 0.1) is 17.0 Å². The molecule has 38 heavy (non-hydrogen) atoms. The molecule has 2 atom stereocenters. The largest absolute Gasteiger partial charge is 0.463 e. The van der Waals surface area contributed by atoms with E-state index in [1.807, 2.05) is 0 Å². The maximum atomic E-state index is 16.4. The summed E-state index contributed by atoms with van der Waals surface area (Å²) in [6.45, 7) is -0.0355. The summed E-state index contributed by atoms with van der Waals surface area (Å²) in [7, 11) is 0. The molecule has 2 heterocycles. The van der Waals surface area contributed by atoms with Crippen molar-refractivity contribution in [3.8, 4) is 5.88 Å². The van der Waals surface area contributed by atoms with Gasteiger partial charge in [-0.25, -0.2) is 27.2 Å². The van der Waals surface area contributed by atoms with Crippen molar-refractivity contribution in [2.75, 3.05) is 6.54 Å². The maximum Gasteiger partial charge on any atom is 0.426 e. The van der Waals surface area contributed by atoms with E-state index < -0.39 is 59.2 Å². The van der Waals surface area contributed by atoms with E-state index in [1.54, 1.807) is 0 Å². The van der Waals surface area contributed by atoms with Gasteiger partial charge in [-0.15, -0.1) is 5.10 Å². The Balaban J connectivity index is 1.38. The summed E-state index contributed by atoms with van der Waals surface area (Å²) in [5, 5.41) is 10.6. The van der Waals surface area contributed by atoms with Crippen LogP contribution in [0.2, 0.25) is 0 Å². The minimum absolute atomic E-state index is 0.0525. The van der Waals surface area contributed by atoms with E-state index in [-0.39, 0.29) is 30.7 Å². The maximum absolute atomic E-state index is 16.4. The van der Waals surface area contributed by atoms with Gasteiger partial charge >= 0.3 is 6.18 Å². The molecule has 2 aromatic heterocycles. The third-order valence-corrected chi connectivity index (χ3v) is 7.98. The number of nitrogens with two attached hydrogens (primary N) is 1. The summed E-state index contributed by atoms with van der Waals surface area (Å²) in [4.78, 5) is 3.93. The number of alkyl halides is 5. The molecule has 204 valence electrons. The van der Waals surface area contributed by atoms with Gasteiger partial charge in [-0.3, -0.25) is 0 Å². The van der Waals surface area contributed by atoms with Crippen LogP contribution in [0.25, 0.3) is 0 Å². The molecule has 2 N–H and O–H groups in total. The van der Waals surface area contributed by atoms with Crippen LogP contribution < -0.4 is 10.5 Å². The first-order valence-corrected chi connectivity index (χ1v) is 11.7. The van der Waals surface area contributed by atoms with E-state index in [0.717, 1.165) is 23.1 Å². The summed E-state index contributed by atoms with van der Waals surface area (Å²) in [6.07, 6.45) is -4.27. The molecule has 3 fully saturated rings. The van der Waals surface area contributed by atoms with E-state index in [0.29, 0.717) is 11.6 Å². The number of benzene rings is 1. The van der Waals surface area contributed by atoms with Gasteiger partial charge in [0.25, 0.3) is 5.92 Å². The minimum atomic E-state index is -4.67. The highest BCUT2D eigenvalue weighted by molar-refractivity contribution is 5.43. The van der Waals surface area contributed by atoms with Crippen molar-refractivity contribution >= 4 is 0 Å². The van der Waals surface area contributed by atoms with Crippen molar-refractivity contribution < 1.29 is 35.5 Å². The van der Waals surface area contributed by atoms with Crippen molar-refractivity contribution in [2.45, 2.75) is 61.8 Å². The third kappa shape index (κ3) is 3.91. The van der Waals surface area contributed by atoms with Gasteiger partial charge in [0.2, 0.25) is 12.0 Å². The molecule has 1 unspecified atom stereocenters. The van der Waals surface area contributed by atoms with Gasteiger partial charge in [-0.1, -0.05) is 12.1 Å². The van der Waals surface area contributed by atoms with Crippen LogP contribution in [0.5, 0.6) is 5.88 Å². The Morgan fingerprint density at radius 1 is 1.08 bits per heavy atom. The lowest BCUT2D eigenvalue weighted by Gasteiger charge is -2.74. The third-order valence-electron chi connectivity index (χ3n) is 7.98. The van der Waals surface area contributed by atoms with Gasteiger partial charge in [0.1, 0.15) is 18.0 Å². The van der Waals surface area contributed by atoms with E-state index in [2.05, 4.69) is 20.5 Å². The molecule has 0 saturated heterocycles. The smallest absolute Gasteiger partial charge is 0.426 e. The van der Waals surface area contributed by atoms with Crippen molar-refractivity contribution in [1.29, 1.82) is 0 Å². The highest BCUT2D eigenvalue weighted by Gasteiger charge is 2.81. The molecule has 0 aliphatic heterocycles. The van der Waals surface area contributed by atoms with E-state index in [4.69, 9.17) is 10.5 Å². The Kier molecular flexibility index (Phi) is 5.97. The van der Waals surface area contributed by atoms with Gasteiger partial charge in [-0.2, -0.15) is 13.2 Å². The predicted molar refractivity (Wildman–Crippen MR) is 118 cm³/mol. The fourth-order valence-corrected chi connectivity index (χ4v) is 6.04. The van der Waals surface area contributed by atoms with Gasteiger partial charge in [0, 0.05) is 35.9 Å². The number of ether oxygens (including phenoxy) is 1. The van der Waals surface area contributed by atoms with Crippen molar-refractivity contribution in [3.05, 3.63) is 65.6 Å². The molecule has 0 spiro atoms. The summed E-state index contributed by atoms with van der Waals surface area (Å²) in [5.74, 6) is -5.74. The Morgan fingerprint density at radius 2 is 1.79 bits per heavy atom. The molecule has 3 saturated carbocycles. The fraction of sp³-hybridized carbons (Fsp3) is 0.500. The number of halogens is 7. The second-order valence-electron chi connectivity index (χ2n) is 10.4. The standard InChI is InChI=1S/C24H23F7N6O/c1-20(12-37-13-34-35-36-37,16-4-3-15(25)6-17(16)26)24(30,31)22-9-21(10-22,11-22)14-2-5-19(33-8-14)38-18(7-32)23(27,28)29/h2-6,8,13,18H,7,9-12,32H2,1H3/t18?,20-,21?,22?/m0/s1. The second-order valence-corrected chi connectivity index (χ2v) is 10.4. The molecule has 0 amide bonds. The number of pyridine rings is 1. The fourth-order valence-electron chi connectivity index (χ4n) is 6.04. The van der Waals surface area contributed by atoms with E-state index in [1.165, 1.54) is 25.3 Å². The summed E-state index contributed by atoms with van der Waals surface area (Å²) < 4.78 is 106. The number of aromatic nitrogens is 5. The Labute approximate surface area is 212 Å². The van der Waals surface area contributed by atoms with Crippen LogP contribution >= 0.6 is 0 Å². The predicted octanol–water partition coefficient (Wildman–Crippen LogP) is 4.33. The highest BCUT2D eigenvalue weighted by atomic mass is 19.4. The molecule has 7 nitrogen and oxygen atoms in total. The molecule has 3 aliphatic carbocycles. The van der Waals surface area contributed by atoms with Crippen LogP contribution in [0.1, 0.15) is 37.3 Å². The molecule has 14 heteroatoms. The Morgan fingerprint density at radius 3 is 2.32 bits per heavy atom. The first-order valence-electron chi connectivity index (χ1n) is 11.7. The first-order chi connectivity index (χ1) is 17.8. The lowest BCUT2D eigenvalue weighted by atomic mass is 9.30. The average molecular weight is 544 g/mol. The number of hydrogen-bond donors (Lipinski definition) is 1. The zero-order valence-corrected chi connectivity index (χ0v) is 20.0. The quantitative estimate of drug-likeness (QED) is 0.404. The number of nitrogens with zero attached hydrogens (tertiary/aromatic N) is 5. The molecular weight excluding hydrogens is 521 g/mol. The molecular formula is C24H23F7N6O. The van der Waals surface area contributed by atoms with Crippen LogP contribution in [-0.2, 0) is 17.4 Å². The topological polar surface area (TPSA) is 91.7 Å². The Hall–Kier alpha value is -3.29. The number of tetrazole rings is 1. The highest BCUT2D eigenvalue weighted by Crippen LogP contribution is 2.80. The van der Waals surface area contributed by atoms with Gasteiger partial charge in [0.05, 0.1) is 12.0 Å². The van der Waals surface area contributed by atoms with Crippen LogP contribution in [0.15, 0.2) is 42.9 Å². The lowest BCUT2D eigenvalue weighted by Crippen LogP contribution is -2.75. The van der Waals surface area contributed by atoms with Crippen LogP contribution in [0.3, 0.4) is 0 Å². The zero-order chi connectivity index (χ0) is 27.6. The summed E-state index contributed by atoms with van der Waals surface area (Å²) in [5.41, 5.74) is 1.12. The van der Waals surface area contributed by atoms with Gasteiger partial charge in [-0.05, 0) is 53.7 Å². The van der Waals surface area contributed by atoms with Gasteiger partial charge < -0.3 is 10.5 Å². The monoisotopic (exact) mass is 544 g/mol. The molecule has 3 aliphatic rings. The number of rotatable bonds is 9. The number of hydrogen-bond acceptors (Lipinski definition) is 6. The molecule has 6 rings (SSSR count). The molecule has 3 aromatic rings. The molecule has 1 aromatic carbocycles. The van der Waals surface area contributed by atoms with E-state index >= 15 is 8.78 Å². The van der Waals surface area contributed by atoms with Crippen molar-refractivity contribution in [2.24, 2.45) is 11.1 Å². The Bertz CT molecular complexity index is 1300. The SMILES string of the molecule is C[C@](Cn1cnnn1)(c1ccc(F)cc1F)C(F)(F)C12CC(c3ccc(OC(CN)C(F)(F)F)nc3)(C1)C2. The average Bonchev–Trinajstić information content (AvgIpc) is 3.28. The lowest BCUT2D eigenvalue weighted by molar-refractivity contribution is -0.308. The minimum Gasteiger partial charge on any atom is -0.463 e. The summed E-state index contributed by atoms with van der Waals surface area (Å²) in [6, 6.07) is 5.27. The van der Waals surface area contributed by atoms with Crippen LogP contribution in [-0.4, -0.2) is 49.9 Å². The summed E-state index contributed by atoms with van der Waals surface area (Å²) >= 11 is 0. The normalized spacial score (nSPS) is 25.2. The van der Waals surface area contributed by atoms with Crippen molar-refractivity contribution in [1.82, 2.24) is 25.2 Å². The molecule has 2 bridgehead atoms. The molecule has 0 radical (unpaired) electrons. The second kappa shape index (κ2) is 8.61. The first kappa shape index (κ1) is 26.3. The van der Waals surface area contributed by atoms with Gasteiger partial charge in [0.15, 0.2) is 0 Å². The van der Waals surface area contributed by atoms with Crippen LogP contribution in [0.4, 0.5) is 30.7 Å².